The van der Waals surface area contributed by atoms with Crippen LogP contribution in [0.5, 0.6) is 0 Å². The largest absolute Gasteiger partial charge is 0.385 e. The second kappa shape index (κ2) is 7.94. The molecule has 1 saturated carbocycles. The Morgan fingerprint density at radius 3 is 2.31 bits per heavy atom. The lowest BCUT2D eigenvalue weighted by Crippen LogP contribution is -2.51. The molecule has 0 N–H and O–H groups in total. The molecule has 154 valence electrons. The van der Waals surface area contributed by atoms with Crippen LogP contribution in [0.1, 0.15) is 50.3 Å². The van der Waals surface area contributed by atoms with Crippen LogP contribution >= 0.6 is 0 Å². The zero-order chi connectivity index (χ0) is 20.5. The van der Waals surface area contributed by atoms with Gasteiger partial charge in [-0.1, -0.05) is 0 Å². The van der Waals surface area contributed by atoms with Gasteiger partial charge in [0.2, 0.25) is 5.91 Å². The van der Waals surface area contributed by atoms with Crippen LogP contribution in [0.4, 0.5) is 0 Å². The third-order valence-corrected chi connectivity index (χ3v) is 5.75. The molecular weight excluding hydrogens is 374 g/mol. The van der Waals surface area contributed by atoms with Crippen molar-refractivity contribution in [2.45, 2.75) is 19.3 Å². The van der Waals surface area contributed by atoms with E-state index in [-0.39, 0.29) is 35.1 Å². The number of amides is 4. The third kappa shape index (κ3) is 3.76. The van der Waals surface area contributed by atoms with Crippen molar-refractivity contribution in [2.75, 3.05) is 46.4 Å². The Morgan fingerprint density at radius 1 is 1.00 bits per heavy atom. The highest BCUT2D eigenvalue weighted by atomic mass is 16.5. The molecule has 0 atom stereocenters. The SMILES string of the molecule is COCCCN1C(=O)c2ccc(C(=O)N3CCN(C(=O)C4CC4)CC3)cc2C1=O. The molecule has 0 radical (unpaired) electrons. The molecular formula is C21H25N3O5. The molecule has 1 aromatic rings. The van der Waals surface area contributed by atoms with Gasteiger partial charge >= 0.3 is 0 Å². The van der Waals surface area contributed by atoms with Crippen LogP contribution in [0.25, 0.3) is 0 Å². The summed E-state index contributed by atoms with van der Waals surface area (Å²) in [6.45, 7) is 2.79. The summed E-state index contributed by atoms with van der Waals surface area (Å²) < 4.78 is 4.98. The van der Waals surface area contributed by atoms with E-state index in [0.717, 1.165) is 12.8 Å². The molecule has 0 unspecified atom stereocenters. The Labute approximate surface area is 169 Å². The standard InChI is InChI=1S/C21H25N3O5/c1-29-12-2-7-24-20(27)16-6-5-15(13-17(16)21(24)28)19(26)23-10-8-22(9-11-23)18(25)14-3-4-14/h5-6,13-14H,2-4,7-12H2,1H3. The molecule has 3 aliphatic rings. The zero-order valence-electron chi connectivity index (χ0n) is 16.6. The summed E-state index contributed by atoms with van der Waals surface area (Å²) in [5.74, 6) is -0.482. The lowest BCUT2D eigenvalue weighted by Gasteiger charge is -2.35. The lowest BCUT2D eigenvalue weighted by atomic mass is 10.0. The fourth-order valence-corrected chi connectivity index (χ4v) is 3.89. The highest BCUT2D eigenvalue weighted by Crippen LogP contribution is 2.31. The molecule has 1 saturated heterocycles. The van der Waals surface area contributed by atoms with Crippen molar-refractivity contribution in [1.82, 2.24) is 14.7 Å². The summed E-state index contributed by atoms with van der Waals surface area (Å²) in [5.41, 5.74) is 1.01. The van der Waals surface area contributed by atoms with Crippen molar-refractivity contribution >= 4 is 23.6 Å². The van der Waals surface area contributed by atoms with Gasteiger partial charge in [0.1, 0.15) is 0 Å². The van der Waals surface area contributed by atoms with Gasteiger partial charge in [-0.2, -0.15) is 0 Å². The molecule has 29 heavy (non-hydrogen) atoms. The highest BCUT2D eigenvalue weighted by molar-refractivity contribution is 6.22. The number of benzene rings is 1. The third-order valence-electron chi connectivity index (χ3n) is 5.75. The molecule has 2 fully saturated rings. The smallest absolute Gasteiger partial charge is 0.261 e. The van der Waals surface area contributed by atoms with Crippen LogP contribution < -0.4 is 0 Å². The summed E-state index contributed by atoms with van der Waals surface area (Å²) in [5, 5.41) is 0. The highest BCUT2D eigenvalue weighted by Gasteiger charge is 2.37. The minimum absolute atomic E-state index is 0.176. The van der Waals surface area contributed by atoms with Gasteiger partial charge in [-0.3, -0.25) is 24.1 Å². The van der Waals surface area contributed by atoms with Crippen LogP contribution in [-0.4, -0.2) is 84.8 Å². The molecule has 1 aliphatic carbocycles. The number of carbonyl (C=O) groups is 4. The minimum atomic E-state index is -0.365. The van der Waals surface area contributed by atoms with E-state index < -0.39 is 0 Å². The van der Waals surface area contributed by atoms with E-state index in [4.69, 9.17) is 4.74 Å². The first kappa shape index (κ1) is 19.6. The first-order valence-corrected chi connectivity index (χ1v) is 10.1. The second-order valence-electron chi connectivity index (χ2n) is 7.76. The number of methoxy groups -OCH3 is 1. The number of carbonyl (C=O) groups excluding carboxylic acids is 4. The maximum absolute atomic E-state index is 12.9. The Bertz CT molecular complexity index is 856. The molecule has 2 heterocycles. The Hall–Kier alpha value is -2.74. The van der Waals surface area contributed by atoms with E-state index in [1.54, 1.807) is 24.1 Å². The average Bonchev–Trinajstić information content (AvgIpc) is 3.57. The van der Waals surface area contributed by atoms with Crippen molar-refractivity contribution < 1.29 is 23.9 Å². The summed E-state index contributed by atoms with van der Waals surface area (Å²) in [4.78, 5) is 54.9. The molecule has 0 spiro atoms. The van der Waals surface area contributed by atoms with Crippen LogP contribution in [-0.2, 0) is 9.53 Å². The van der Waals surface area contributed by atoms with Crippen molar-refractivity contribution in [3.05, 3.63) is 34.9 Å². The molecule has 8 nitrogen and oxygen atoms in total. The van der Waals surface area contributed by atoms with E-state index in [9.17, 15) is 19.2 Å². The van der Waals surface area contributed by atoms with Crippen molar-refractivity contribution in [2.24, 2.45) is 5.92 Å². The zero-order valence-corrected chi connectivity index (χ0v) is 16.6. The van der Waals surface area contributed by atoms with Gasteiger partial charge in [-0.15, -0.1) is 0 Å². The number of imide groups is 1. The maximum Gasteiger partial charge on any atom is 0.261 e. The summed E-state index contributed by atoms with van der Waals surface area (Å²) in [7, 11) is 1.57. The number of hydrogen-bond donors (Lipinski definition) is 0. The molecule has 4 rings (SSSR count). The molecule has 0 aromatic heterocycles. The number of rotatable bonds is 6. The van der Waals surface area contributed by atoms with Crippen LogP contribution in [0.15, 0.2) is 18.2 Å². The number of piperazine rings is 1. The first-order valence-electron chi connectivity index (χ1n) is 10.1. The van der Waals surface area contributed by atoms with E-state index in [1.807, 2.05) is 4.90 Å². The Balaban J connectivity index is 1.42. The van der Waals surface area contributed by atoms with Gasteiger partial charge in [0.15, 0.2) is 0 Å². The van der Waals surface area contributed by atoms with Crippen molar-refractivity contribution in [3.8, 4) is 0 Å². The number of ether oxygens (including phenoxy) is 1. The second-order valence-corrected chi connectivity index (χ2v) is 7.76. The van der Waals surface area contributed by atoms with Gasteiger partial charge in [-0.05, 0) is 37.5 Å². The van der Waals surface area contributed by atoms with E-state index in [2.05, 4.69) is 0 Å². The summed E-state index contributed by atoms with van der Waals surface area (Å²) in [6.07, 6.45) is 2.52. The van der Waals surface area contributed by atoms with Gasteiger partial charge < -0.3 is 14.5 Å². The number of fused-ring (bicyclic) bond motifs is 1. The van der Waals surface area contributed by atoms with E-state index >= 15 is 0 Å². The maximum atomic E-state index is 12.9. The molecule has 8 heteroatoms. The fraction of sp³-hybridized carbons (Fsp3) is 0.524. The van der Waals surface area contributed by atoms with Crippen molar-refractivity contribution in [3.63, 3.8) is 0 Å². The molecule has 4 amide bonds. The Kier molecular flexibility index (Phi) is 5.36. The Morgan fingerprint density at radius 2 is 1.66 bits per heavy atom. The van der Waals surface area contributed by atoms with Gasteiger partial charge in [0, 0.05) is 57.9 Å². The molecule has 2 aliphatic heterocycles. The number of hydrogen-bond acceptors (Lipinski definition) is 5. The predicted octanol–water partition coefficient (Wildman–Crippen LogP) is 1.01. The van der Waals surface area contributed by atoms with Gasteiger partial charge in [-0.25, -0.2) is 0 Å². The van der Waals surface area contributed by atoms with Gasteiger partial charge in [0.05, 0.1) is 11.1 Å². The minimum Gasteiger partial charge on any atom is -0.385 e. The topological polar surface area (TPSA) is 87.2 Å². The van der Waals surface area contributed by atoms with E-state index in [0.29, 0.717) is 56.9 Å². The summed E-state index contributed by atoms with van der Waals surface area (Å²) >= 11 is 0. The van der Waals surface area contributed by atoms with Crippen molar-refractivity contribution in [1.29, 1.82) is 0 Å². The van der Waals surface area contributed by atoms with Crippen LogP contribution in [0, 0.1) is 5.92 Å². The van der Waals surface area contributed by atoms with E-state index in [1.165, 1.54) is 11.0 Å². The molecule has 1 aromatic carbocycles. The molecule has 0 bridgehead atoms. The average molecular weight is 399 g/mol. The monoisotopic (exact) mass is 399 g/mol. The fourth-order valence-electron chi connectivity index (χ4n) is 3.89. The predicted molar refractivity (Wildman–Crippen MR) is 104 cm³/mol. The summed E-state index contributed by atoms with van der Waals surface area (Å²) in [6, 6.07) is 4.69. The normalized spacial score (nSPS) is 19.0. The first-order chi connectivity index (χ1) is 14.0. The lowest BCUT2D eigenvalue weighted by molar-refractivity contribution is -0.134. The van der Waals surface area contributed by atoms with Crippen LogP contribution in [0.3, 0.4) is 0 Å². The quantitative estimate of drug-likeness (QED) is 0.526. The number of nitrogens with zero attached hydrogens (tertiary/aromatic N) is 3. The van der Waals surface area contributed by atoms with Crippen LogP contribution in [0.2, 0.25) is 0 Å². The van der Waals surface area contributed by atoms with Gasteiger partial charge in [0.25, 0.3) is 17.7 Å².